The summed E-state index contributed by atoms with van der Waals surface area (Å²) in [5.74, 6) is 0.435. The van der Waals surface area contributed by atoms with Gasteiger partial charge < -0.3 is 24.1 Å². The molecule has 2 heterocycles. The molecule has 1 aromatic carbocycles. The standard InChI is InChI=1S/C21H27N3O6S2/c1-14-18(20(25)29-4)19(15(2)30-14)32(26,27)24-11-9-23(10-12-24)21(31)22-13-16-5-7-17(28-3)8-6-16/h5-8H,9-13H2,1-4H3,(H,22,31). The van der Waals surface area contributed by atoms with Crippen LogP contribution in [0.3, 0.4) is 0 Å². The highest BCUT2D eigenvalue weighted by molar-refractivity contribution is 7.89. The fourth-order valence-corrected chi connectivity index (χ4v) is 5.65. The van der Waals surface area contributed by atoms with Crippen LogP contribution in [-0.4, -0.2) is 69.1 Å². The maximum absolute atomic E-state index is 13.3. The summed E-state index contributed by atoms with van der Waals surface area (Å²) in [6.07, 6.45) is 0. The minimum Gasteiger partial charge on any atom is -0.497 e. The molecule has 32 heavy (non-hydrogen) atoms. The Labute approximate surface area is 193 Å². The lowest BCUT2D eigenvalue weighted by molar-refractivity contribution is 0.0594. The van der Waals surface area contributed by atoms with Gasteiger partial charge in [-0.2, -0.15) is 4.31 Å². The number of carbonyl (C=O) groups excluding carboxylic acids is 1. The van der Waals surface area contributed by atoms with Gasteiger partial charge in [-0.25, -0.2) is 13.2 Å². The molecule has 1 aromatic heterocycles. The molecule has 0 saturated carbocycles. The topological polar surface area (TPSA) is 101 Å². The molecule has 174 valence electrons. The third kappa shape index (κ3) is 4.89. The molecule has 0 amide bonds. The van der Waals surface area contributed by atoms with Gasteiger partial charge in [0.25, 0.3) is 0 Å². The SMILES string of the molecule is COC(=O)c1c(C)oc(C)c1S(=O)(=O)N1CCN(C(=S)NCc2ccc(OC)cc2)CC1. The lowest BCUT2D eigenvalue weighted by Gasteiger charge is -2.35. The zero-order valence-electron chi connectivity index (χ0n) is 18.5. The van der Waals surface area contributed by atoms with Crippen molar-refractivity contribution in [2.45, 2.75) is 25.3 Å². The van der Waals surface area contributed by atoms with Gasteiger partial charge in [-0.1, -0.05) is 12.1 Å². The van der Waals surface area contributed by atoms with E-state index in [0.29, 0.717) is 24.7 Å². The fourth-order valence-electron chi connectivity index (χ4n) is 3.61. The summed E-state index contributed by atoms with van der Waals surface area (Å²) in [5, 5.41) is 3.77. The number of nitrogens with zero attached hydrogens (tertiary/aromatic N) is 2. The number of aryl methyl sites for hydroxylation is 2. The second kappa shape index (κ2) is 9.88. The smallest absolute Gasteiger partial charge is 0.342 e. The van der Waals surface area contributed by atoms with Crippen LogP contribution in [0.1, 0.15) is 27.4 Å². The van der Waals surface area contributed by atoms with Crippen LogP contribution in [0.25, 0.3) is 0 Å². The van der Waals surface area contributed by atoms with Crippen molar-refractivity contribution in [1.82, 2.24) is 14.5 Å². The van der Waals surface area contributed by atoms with E-state index in [1.807, 2.05) is 29.2 Å². The molecule has 9 nitrogen and oxygen atoms in total. The molecule has 0 radical (unpaired) electrons. The number of thiocarbonyl (C=S) groups is 1. The summed E-state index contributed by atoms with van der Waals surface area (Å²) in [4.78, 5) is 14.0. The molecular formula is C21H27N3O6S2. The van der Waals surface area contributed by atoms with Crippen LogP contribution in [0.4, 0.5) is 0 Å². The van der Waals surface area contributed by atoms with Gasteiger partial charge in [0.05, 0.1) is 14.2 Å². The maximum Gasteiger partial charge on any atom is 0.342 e. The second-order valence-electron chi connectivity index (χ2n) is 7.31. The molecule has 0 aliphatic carbocycles. The van der Waals surface area contributed by atoms with Crippen LogP contribution in [0.2, 0.25) is 0 Å². The first-order valence-corrected chi connectivity index (χ1v) is 11.9. The number of hydrogen-bond acceptors (Lipinski definition) is 7. The molecule has 3 rings (SSSR count). The lowest BCUT2D eigenvalue weighted by Crippen LogP contribution is -2.53. The minimum atomic E-state index is -3.93. The molecule has 11 heteroatoms. The van der Waals surface area contributed by atoms with Crippen molar-refractivity contribution in [2.75, 3.05) is 40.4 Å². The number of rotatable bonds is 6. The zero-order chi connectivity index (χ0) is 23.5. The van der Waals surface area contributed by atoms with E-state index in [9.17, 15) is 13.2 Å². The van der Waals surface area contributed by atoms with E-state index >= 15 is 0 Å². The number of nitrogens with one attached hydrogen (secondary N) is 1. The number of esters is 1. The Hall–Kier alpha value is -2.63. The van der Waals surface area contributed by atoms with E-state index in [4.69, 9.17) is 26.1 Å². The number of ether oxygens (including phenoxy) is 2. The van der Waals surface area contributed by atoms with Crippen molar-refractivity contribution in [3.63, 3.8) is 0 Å². The summed E-state index contributed by atoms with van der Waals surface area (Å²) < 4.78 is 43.3. The van der Waals surface area contributed by atoms with Gasteiger partial charge in [0.15, 0.2) is 5.11 Å². The number of methoxy groups -OCH3 is 2. The maximum atomic E-state index is 13.3. The average molecular weight is 482 g/mol. The first-order chi connectivity index (χ1) is 15.2. The number of furan rings is 1. The third-order valence-electron chi connectivity index (χ3n) is 5.32. The van der Waals surface area contributed by atoms with Crippen LogP contribution < -0.4 is 10.1 Å². The summed E-state index contributed by atoms with van der Waals surface area (Å²) in [5.41, 5.74) is 1.000. The van der Waals surface area contributed by atoms with Gasteiger partial charge >= 0.3 is 5.97 Å². The lowest BCUT2D eigenvalue weighted by atomic mass is 10.2. The van der Waals surface area contributed by atoms with Gasteiger partial charge in [0, 0.05) is 32.7 Å². The predicted octanol–water partition coefficient (Wildman–Crippen LogP) is 2.07. The number of hydrogen-bond donors (Lipinski definition) is 1. The second-order valence-corrected chi connectivity index (χ2v) is 9.57. The summed E-state index contributed by atoms with van der Waals surface area (Å²) in [7, 11) is -1.11. The van der Waals surface area contributed by atoms with E-state index in [1.165, 1.54) is 18.3 Å². The molecule has 1 aliphatic rings. The number of piperazine rings is 1. The Morgan fingerprint density at radius 2 is 1.72 bits per heavy atom. The molecule has 0 spiro atoms. The third-order valence-corrected chi connectivity index (χ3v) is 7.78. The molecule has 0 unspecified atom stereocenters. The average Bonchev–Trinajstić information content (AvgIpc) is 3.11. The monoisotopic (exact) mass is 481 g/mol. The number of sulfonamides is 1. The summed E-state index contributed by atoms with van der Waals surface area (Å²) >= 11 is 5.49. The number of carbonyl (C=O) groups is 1. The highest BCUT2D eigenvalue weighted by atomic mass is 32.2. The minimum absolute atomic E-state index is 0.0518. The van der Waals surface area contributed by atoms with Gasteiger partial charge in [-0.3, -0.25) is 0 Å². The van der Waals surface area contributed by atoms with Gasteiger partial charge in [0.2, 0.25) is 10.0 Å². The van der Waals surface area contributed by atoms with E-state index in [-0.39, 0.29) is 35.1 Å². The van der Waals surface area contributed by atoms with Gasteiger partial charge in [0.1, 0.15) is 27.7 Å². The molecule has 1 N–H and O–H groups in total. The molecule has 1 aliphatic heterocycles. The van der Waals surface area contributed by atoms with Crippen molar-refractivity contribution >= 4 is 33.3 Å². The van der Waals surface area contributed by atoms with Crippen molar-refractivity contribution in [3.8, 4) is 5.75 Å². The first kappa shape index (κ1) is 24.0. The summed E-state index contributed by atoms with van der Waals surface area (Å²) in [6, 6.07) is 7.66. The van der Waals surface area contributed by atoms with Crippen molar-refractivity contribution in [3.05, 3.63) is 46.9 Å². The van der Waals surface area contributed by atoms with Crippen molar-refractivity contribution < 1.29 is 27.1 Å². The Morgan fingerprint density at radius 1 is 1.09 bits per heavy atom. The predicted molar refractivity (Wildman–Crippen MR) is 122 cm³/mol. The number of benzene rings is 1. The van der Waals surface area contributed by atoms with E-state index in [2.05, 4.69) is 5.32 Å². The molecule has 0 atom stereocenters. The van der Waals surface area contributed by atoms with Crippen LogP contribution in [0.5, 0.6) is 5.75 Å². The fraction of sp³-hybridized carbons (Fsp3) is 0.429. The van der Waals surface area contributed by atoms with Gasteiger partial charge in [-0.15, -0.1) is 0 Å². The summed E-state index contributed by atoms with van der Waals surface area (Å²) in [6.45, 7) is 4.95. The molecular weight excluding hydrogens is 454 g/mol. The Balaban J connectivity index is 1.63. The van der Waals surface area contributed by atoms with Crippen molar-refractivity contribution in [2.24, 2.45) is 0 Å². The van der Waals surface area contributed by atoms with Crippen LogP contribution in [-0.2, 0) is 21.3 Å². The van der Waals surface area contributed by atoms with Crippen LogP contribution in [0.15, 0.2) is 33.6 Å². The Kier molecular flexibility index (Phi) is 7.42. The van der Waals surface area contributed by atoms with E-state index in [0.717, 1.165) is 11.3 Å². The highest BCUT2D eigenvalue weighted by Crippen LogP contribution is 2.30. The van der Waals surface area contributed by atoms with Crippen LogP contribution >= 0.6 is 12.2 Å². The highest BCUT2D eigenvalue weighted by Gasteiger charge is 2.37. The molecule has 0 bridgehead atoms. The zero-order valence-corrected chi connectivity index (χ0v) is 20.1. The normalized spacial score (nSPS) is 14.8. The first-order valence-electron chi connectivity index (χ1n) is 10.0. The Bertz CT molecular complexity index is 1090. The molecule has 2 aromatic rings. The van der Waals surface area contributed by atoms with E-state index < -0.39 is 16.0 Å². The van der Waals surface area contributed by atoms with Crippen molar-refractivity contribution in [1.29, 1.82) is 0 Å². The Morgan fingerprint density at radius 3 is 2.28 bits per heavy atom. The quantitative estimate of drug-likeness (QED) is 0.491. The van der Waals surface area contributed by atoms with E-state index in [1.54, 1.807) is 14.0 Å². The van der Waals surface area contributed by atoms with Gasteiger partial charge in [-0.05, 0) is 43.8 Å². The van der Waals surface area contributed by atoms with Crippen LogP contribution in [0, 0.1) is 13.8 Å². The molecule has 1 saturated heterocycles. The molecule has 1 fully saturated rings. The largest absolute Gasteiger partial charge is 0.497 e.